The van der Waals surface area contributed by atoms with Gasteiger partial charge in [0.15, 0.2) is 0 Å². The van der Waals surface area contributed by atoms with Crippen molar-refractivity contribution in [3.63, 3.8) is 0 Å². The third-order valence-corrected chi connectivity index (χ3v) is 0.487. The molecule has 0 radical (unpaired) electrons. The van der Waals surface area contributed by atoms with Crippen LogP contribution in [0.1, 0.15) is 6.92 Å². The third kappa shape index (κ3) is 3.15. The van der Waals surface area contributed by atoms with Gasteiger partial charge in [-0.2, -0.15) is 0 Å². The molecule has 0 spiro atoms. The van der Waals surface area contributed by atoms with Crippen LogP contribution in [-0.2, 0) is 9.53 Å². The third-order valence-electron chi connectivity index (χ3n) is 0.487. The van der Waals surface area contributed by atoms with E-state index in [1.165, 1.54) is 6.26 Å². The van der Waals surface area contributed by atoms with E-state index in [9.17, 15) is 4.79 Å². The van der Waals surface area contributed by atoms with E-state index in [2.05, 4.69) is 11.3 Å². The van der Waals surface area contributed by atoms with Gasteiger partial charge in [0, 0.05) is 6.08 Å². The van der Waals surface area contributed by atoms with Crippen LogP contribution in [-0.4, -0.2) is 5.97 Å². The molecule has 0 heterocycles. The van der Waals surface area contributed by atoms with Gasteiger partial charge in [-0.1, -0.05) is 12.7 Å². The summed E-state index contributed by atoms with van der Waals surface area (Å²) in [6, 6.07) is 0. The highest BCUT2D eigenvalue weighted by Crippen LogP contribution is 1.78. The summed E-state index contributed by atoms with van der Waals surface area (Å²) in [4.78, 5) is 10.2. The van der Waals surface area contributed by atoms with Crippen molar-refractivity contribution in [2.24, 2.45) is 0 Å². The maximum absolute atomic E-state index is 10.2. The first-order valence-corrected chi connectivity index (χ1v) is 2.25. The van der Waals surface area contributed by atoms with Crippen molar-refractivity contribution in [3.8, 4) is 0 Å². The highest BCUT2D eigenvalue weighted by atomic mass is 16.5. The van der Waals surface area contributed by atoms with Crippen molar-refractivity contribution in [2.45, 2.75) is 6.92 Å². The monoisotopic (exact) mass is 112 g/mol. The maximum Gasteiger partial charge on any atom is 0.334 e. The number of carbonyl (C=O) groups excluding carboxylic acids is 1. The molecule has 0 aromatic carbocycles. The normalized spacial score (nSPS) is 9.12. The van der Waals surface area contributed by atoms with E-state index in [0.717, 1.165) is 6.08 Å². The van der Waals surface area contributed by atoms with Crippen LogP contribution >= 0.6 is 0 Å². The van der Waals surface area contributed by atoms with E-state index in [4.69, 9.17) is 0 Å². The molecule has 0 aromatic rings. The molecule has 0 amide bonds. The molecular weight excluding hydrogens is 104 g/mol. The zero-order valence-electron chi connectivity index (χ0n) is 4.76. The van der Waals surface area contributed by atoms with E-state index >= 15 is 0 Å². The minimum atomic E-state index is -0.428. The molecule has 8 heavy (non-hydrogen) atoms. The Hall–Kier alpha value is -1.05. The van der Waals surface area contributed by atoms with E-state index < -0.39 is 5.97 Å². The molecule has 44 valence electrons. The summed E-state index contributed by atoms with van der Waals surface area (Å²) in [5, 5.41) is 0. The first kappa shape index (κ1) is 6.95. The predicted molar refractivity (Wildman–Crippen MR) is 31.1 cm³/mol. The number of esters is 1. The van der Waals surface area contributed by atoms with Crippen molar-refractivity contribution in [1.82, 2.24) is 0 Å². The van der Waals surface area contributed by atoms with Gasteiger partial charge >= 0.3 is 5.97 Å². The van der Waals surface area contributed by atoms with Gasteiger partial charge < -0.3 is 4.74 Å². The van der Waals surface area contributed by atoms with Gasteiger partial charge in [-0.25, -0.2) is 4.79 Å². The van der Waals surface area contributed by atoms with Crippen LogP contribution in [0.25, 0.3) is 0 Å². The second kappa shape index (κ2) is 4.12. The standard InChI is InChI=1S/C6H8O2/c1-3-5-8-6(7)4-2/h3-5H,2H2,1H3. The molecule has 0 aliphatic rings. The Bertz CT molecular complexity index is 114. The molecule has 0 aliphatic carbocycles. The van der Waals surface area contributed by atoms with Gasteiger partial charge in [0.05, 0.1) is 6.26 Å². The van der Waals surface area contributed by atoms with Gasteiger partial charge in [0.25, 0.3) is 0 Å². The lowest BCUT2D eigenvalue weighted by Gasteiger charge is -1.86. The summed E-state index contributed by atoms with van der Waals surface area (Å²) in [6.45, 7) is 4.97. The molecule has 0 rings (SSSR count). The first-order valence-electron chi connectivity index (χ1n) is 2.25. The Morgan fingerprint density at radius 3 is 2.75 bits per heavy atom. The summed E-state index contributed by atoms with van der Waals surface area (Å²) in [6.07, 6.45) is 4.05. The summed E-state index contributed by atoms with van der Waals surface area (Å²) in [5.74, 6) is -0.428. The predicted octanol–water partition coefficient (Wildman–Crippen LogP) is 1.25. The SMILES string of the molecule is C=CC(=O)OC=CC. The average molecular weight is 112 g/mol. The highest BCUT2D eigenvalue weighted by Gasteiger charge is 1.85. The Kier molecular flexibility index (Phi) is 3.58. The minimum Gasteiger partial charge on any atom is -0.432 e. The quantitative estimate of drug-likeness (QED) is 0.305. The largest absolute Gasteiger partial charge is 0.432 e. The molecule has 0 atom stereocenters. The molecule has 0 saturated heterocycles. The average Bonchev–Trinajstić information content (AvgIpc) is 1.83. The van der Waals surface area contributed by atoms with Crippen molar-refractivity contribution >= 4 is 5.97 Å². The Morgan fingerprint density at radius 1 is 1.75 bits per heavy atom. The number of allylic oxidation sites excluding steroid dienone is 1. The lowest BCUT2D eigenvalue weighted by molar-refractivity contribution is -0.132. The molecule has 0 N–H and O–H groups in total. The fraction of sp³-hybridized carbons (Fsp3) is 0.167. The van der Waals surface area contributed by atoms with Gasteiger partial charge in [-0.15, -0.1) is 0 Å². The second-order valence-electron chi connectivity index (χ2n) is 1.11. The molecule has 0 saturated carbocycles. The summed E-state index contributed by atoms with van der Waals surface area (Å²) >= 11 is 0. The maximum atomic E-state index is 10.2. The minimum absolute atomic E-state index is 0.428. The molecule has 0 fully saturated rings. The van der Waals surface area contributed by atoms with E-state index in [1.807, 2.05) is 0 Å². The van der Waals surface area contributed by atoms with E-state index in [0.29, 0.717) is 0 Å². The van der Waals surface area contributed by atoms with Crippen LogP contribution in [0.2, 0.25) is 0 Å². The zero-order chi connectivity index (χ0) is 6.41. The van der Waals surface area contributed by atoms with E-state index in [1.54, 1.807) is 13.0 Å². The molecule has 2 heteroatoms. The topological polar surface area (TPSA) is 26.3 Å². The number of rotatable bonds is 2. The van der Waals surface area contributed by atoms with Gasteiger partial charge in [-0.3, -0.25) is 0 Å². The van der Waals surface area contributed by atoms with Crippen LogP contribution in [0.4, 0.5) is 0 Å². The Labute approximate surface area is 48.5 Å². The van der Waals surface area contributed by atoms with Crippen LogP contribution < -0.4 is 0 Å². The lowest BCUT2D eigenvalue weighted by atomic mass is 10.6. The summed E-state index contributed by atoms with van der Waals surface area (Å²) < 4.78 is 4.40. The molecular formula is C6H8O2. The van der Waals surface area contributed by atoms with Crippen molar-refractivity contribution in [1.29, 1.82) is 0 Å². The number of hydrogen-bond donors (Lipinski definition) is 0. The van der Waals surface area contributed by atoms with Crippen molar-refractivity contribution < 1.29 is 9.53 Å². The number of ether oxygens (including phenoxy) is 1. The number of carbonyl (C=O) groups is 1. The number of hydrogen-bond acceptors (Lipinski definition) is 2. The molecule has 2 nitrogen and oxygen atoms in total. The first-order chi connectivity index (χ1) is 3.81. The summed E-state index contributed by atoms with van der Waals surface area (Å²) in [7, 11) is 0. The van der Waals surface area contributed by atoms with Crippen molar-refractivity contribution in [3.05, 3.63) is 25.0 Å². The zero-order valence-corrected chi connectivity index (χ0v) is 4.76. The smallest absolute Gasteiger partial charge is 0.334 e. The van der Waals surface area contributed by atoms with Crippen LogP contribution in [0.15, 0.2) is 25.0 Å². The van der Waals surface area contributed by atoms with Crippen LogP contribution in [0.3, 0.4) is 0 Å². The fourth-order valence-electron chi connectivity index (χ4n) is 0.183. The Morgan fingerprint density at radius 2 is 2.38 bits per heavy atom. The molecule has 0 bridgehead atoms. The van der Waals surface area contributed by atoms with Crippen LogP contribution in [0, 0.1) is 0 Å². The molecule has 0 unspecified atom stereocenters. The van der Waals surface area contributed by atoms with Gasteiger partial charge in [-0.05, 0) is 6.92 Å². The van der Waals surface area contributed by atoms with E-state index in [-0.39, 0.29) is 0 Å². The molecule has 0 aromatic heterocycles. The fourth-order valence-corrected chi connectivity index (χ4v) is 0.183. The van der Waals surface area contributed by atoms with Crippen molar-refractivity contribution in [2.75, 3.05) is 0 Å². The second-order valence-corrected chi connectivity index (χ2v) is 1.11. The Balaban J connectivity index is 3.39. The lowest BCUT2D eigenvalue weighted by Crippen LogP contribution is -1.90. The summed E-state index contributed by atoms with van der Waals surface area (Å²) in [5.41, 5.74) is 0. The van der Waals surface area contributed by atoms with Gasteiger partial charge in [0.1, 0.15) is 0 Å². The van der Waals surface area contributed by atoms with Crippen LogP contribution in [0.5, 0.6) is 0 Å². The highest BCUT2D eigenvalue weighted by molar-refractivity contribution is 5.81. The van der Waals surface area contributed by atoms with Gasteiger partial charge in [0.2, 0.25) is 0 Å². The molecule has 0 aliphatic heterocycles.